The second-order valence-corrected chi connectivity index (χ2v) is 8.36. The summed E-state index contributed by atoms with van der Waals surface area (Å²) in [5, 5.41) is 4.34. The molecule has 1 aliphatic heterocycles. The number of sulfonamides is 1. The molecule has 1 fully saturated rings. The van der Waals surface area contributed by atoms with E-state index < -0.39 is 15.8 Å². The number of aromatic nitrogens is 4. The molecule has 0 N–H and O–H groups in total. The van der Waals surface area contributed by atoms with Gasteiger partial charge in [0.2, 0.25) is 10.0 Å². The van der Waals surface area contributed by atoms with Crippen LogP contribution in [0.2, 0.25) is 0 Å². The topological polar surface area (TPSA) is 84.2 Å². The number of halogens is 1. The van der Waals surface area contributed by atoms with Gasteiger partial charge in [0.1, 0.15) is 22.9 Å². The first kappa shape index (κ1) is 18.5. The van der Waals surface area contributed by atoms with Crippen LogP contribution in [0.3, 0.4) is 0 Å². The Labute approximate surface area is 162 Å². The molecule has 1 saturated heterocycles. The van der Waals surface area contributed by atoms with Crippen molar-refractivity contribution in [2.75, 3.05) is 31.1 Å². The third-order valence-electron chi connectivity index (χ3n) is 4.61. The highest BCUT2D eigenvalue weighted by Crippen LogP contribution is 2.22. The lowest BCUT2D eigenvalue weighted by molar-refractivity contribution is 0.381. The van der Waals surface area contributed by atoms with Crippen LogP contribution in [-0.2, 0) is 10.0 Å². The normalized spacial score (nSPS) is 15.7. The van der Waals surface area contributed by atoms with Crippen molar-refractivity contribution in [2.24, 2.45) is 0 Å². The van der Waals surface area contributed by atoms with Crippen molar-refractivity contribution in [2.45, 2.75) is 11.8 Å². The van der Waals surface area contributed by atoms with Gasteiger partial charge in [-0.1, -0.05) is 12.1 Å². The van der Waals surface area contributed by atoms with E-state index in [1.165, 1.54) is 28.8 Å². The molecule has 3 aromatic rings. The quantitative estimate of drug-likeness (QED) is 0.659. The first-order valence-corrected chi connectivity index (χ1v) is 10.2. The number of rotatable bonds is 4. The van der Waals surface area contributed by atoms with Crippen LogP contribution in [0.4, 0.5) is 10.2 Å². The molecule has 0 atom stereocenters. The lowest BCUT2D eigenvalue weighted by Gasteiger charge is -2.34. The molecule has 2 aromatic heterocycles. The van der Waals surface area contributed by atoms with E-state index in [-0.39, 0.29) is 18.0 Å². The van der Waals surface area contributed by atoms with Gasteiger partial charge < -0.3 is 4.90 Å². The molecular weight excluding hydrogens is 383 g/mol. The molecule has 8 nitrogen and oxygen atoms in total. The molecule has 1 aromatic carbocycles. The first-order chi connectivity index (χ1) is 13.4. The highest BCUT2D eigenvalue weighted by molar-refractivity contribution is 7.89. The number of benzene rings is 1. The van der Waals surface area contributed by atoms with Gasteiger partial charge in [-0.15, -0.1) is 0 Å². The van der Waals surface area contributed by atoms with E-state index in [4.69, 9.17) is 0 Å². The fourth-order valence-corrected chi connectivity index (χ4v) is 4.62. The van der Waals surface area contributed by atoms with E-state index in [1.807, 2.05) is 30.2 Å². The Hall–Kier alpha value is -2.85. The first-order valence-electron chi connectivity index (χ1n) is 8.79. The monoisotopic (exact) mass is 402 g/mol. The molecule has 0 aliphatic carbocycles. The number of anilines is 1. The molecule has 0 amide bonds. The Morgan fingerprint density at radius 1 is 1.00 bits per heavy atom. The summed E-state index contributed by atoms with van der Waals surface area (Å²) in [6, 6.07) is 9.13. The second-order valence-electron chi connectivity index (χ2n) is 6.46. The zero-order valence-electron chi connectivity index (χ0n) is 15.2. The summed E-state index contributed by atoms with van der Waals surface area (Å²) in [6.45, 7) is 3.28. The molecule has 0 spiro atoms. The van der Waals surface area contributed by atoms with Gasteiger partial charge in [-0.2, -0.15) is 9.40 Å². The molecule has 0 bridgehead atoms. The van der Waals surface area contributed by atoms with Gasteiger partial charge in [-0.25, -0.2) is 27.5 Å². The van der Waals surface area contributed by atoms with Crippen LogP contribution in [0.25, 0.3) is 5.82 Å². The van der Waals surface area contributed by atoms with Gasteiger partial charge in [-0.05, 0) is 25.1 Å². The van der Waals surface area contributed by atoms with Crippen molar-refractivity contribution in [3.05, 3.63) is 60.4 Å². The molecule has 0 saturated carbocycles. The maximum absolute atomic E-state index is 13.9. The zero-order valence-corrected chi connectivity index (χ0v) is 16.0. The molecular formula is C18H19FN6O2S. The summed E-state index contributed by atoms with van der Waals surface area (Å²) in [6.07, 6.45) is 3.28. The summed E-state index contributed by atoms with van der Waals surface area (Å²) >= 11 is 0. The summed E-state index contributed by atoms with van der Waals surface area (Å²) in [7, 11) is -3.86. The van der Waals surface area contributed by atoms with Crippen LogP contribution in [0, 0.1) is 12.7 Å². The Morgan fingerprint density at radius 2 is 1.71 bits per heavy atom. The predicted molar refractivity (Wildman–Crippen MR) is 101 cm³/mol. The minimum Gasteiger partial charge on any atom is -0.354 e. The molecule has 1 aliphatic rings. The van der Waals surface area contributed by atoms with Crippen molar-refractivity contribution >= 4 is 15.8 Å². The lowest BCUT2D eigenvalue weighted by atomic mass is 10.3. The SMILES string of the molecule is Cc1ccn(-c2cc(N3CCN(S(=O)(=O)c4ccccc4F)CC3)ncn2)n1. The van der Waals surface area contributed by atoms with Gasteiger partial charge in [0, 0.05) is 38.4 Å². The Morgan fingerprint density at radius 3 is 2.39 bits per heavy atom. The zero-order chi connectivity index (χ0) is 19.7. The van der Waals surface area contributed by atoms with Gasteiger partial charge in [-0.3, -0.25) is 0 Å². The highest BCUT2D eigenvalue weighted by atomic mass is 32.2. The van der Waals surface area contributed by atoms with Crippen LogP contribution in [0.15, 0.2) is 53.8 Å². The van der Waals surface area contributed by atoms with E-state index >= 15 is 0 Å². The molecule has 4 rings (SSSR count). The molecule has 3 heterocycles. The number of aryl methyl sites for hydroxylation is 1. The van der Waals surface area contributed by atoms with Gasteiger partial charge in [0.25, 0.3) is 0 Å². The number of piperazine rings is 1. The van der Waals surface area contributed by atoms with Gasteiger partial charge >= 0.3 is 0 Å². The highest BCUT2D eigenvalue weighted by Gasteiger charge is 2.30. The summed E-state index contributed by atoms with van der Waals surface area (Å²) in [5.74, 6) is 0.598. The van der Waals surface area contributed by atoms with Crippen molar-refractivity contribution in [3.63, 3.8) is 0 Å². The third kappa shape index (κ3) is 3.48. The minimum atomic E-state index is -3.86. The van der Waals surface area contributed by atoms with E-state index in [0.717, 1.165) is 11.8 Å². The average Bonchev–Trinajstić information content (AvgIpc) is 3.15. The fraction of sp³-hybridized carbons (Fsp3) is 0.278. The summed E-state index contributed by atoms with van der Waals surface area (Å²) in [5.41, 5.74) is 0.882. The number of nitrogens with zero attached hydrogens (tertiary/aromatic N) is 6. The maximum atomic E-state index is 13.9. The van der Waals surface area contributed by atoms with Crippen LogP contribution in [0.5, 0.6) is 0 Å². The van der Waals surface area contributed by atoms with E-state index in [1.54, 1.807) is 4.68 Å². The van der Waals surface area contributed by atoms with E-state index in [0.29, 0.717) is 24.7 Å². The minimum absolute atomic E-state index is 0.247. The second kappa shape index (κ2) is 7.28. The van der Waals surface area contributed by atoms with Crippen LogP contribution >= 0.6 is 0 Å². The van der Waals surface area contributed by atoms with Gasteiger partial charge in [0.05, 0.1) is 5.69 Å². The van der Waals surface area contributed by atoms with Crippen LogP contribution in [0.1, 0.15) is 5.69 Å². The fourth-order valence-electron chi connectivity index (χ4n) is 3.13. The lowest BCUT2D eigenvalue weighted by Crippen LogP contribution is -2.49. The third-order valence-corrected chi connectivity index (χ3v) is 6.54. The molecule has 0 unspecified atom stereocenters. The van der Waals surface area contributed by atoms with Crippen LogP contribution < -0.4 is 4.90 Å². The number of hydrogen-bond donors (Lipinski definition) is 0. The standard InChI is InChI=1S/C18H19FN6O2S/c1-14-6-7-25(22-14)18-12-17(20-13-21-18)23-8-10-24(11-9-23)28(26,27)16-5-3-2-4-15(16)19/h2-7,12-13H,8-11H2,1H3. The summed E-state index contributed by atoms with van der Waals surface area (Å²) in [4.78, 5) is 10.2. The Balaban J connectivity index is 1.50. The van der Waals surface area contributed by atoms with Gasteiger partial charge in [0.15, 0.2) is 5.82 Å². The molecule has 146 valence electrons. The summed E-state index contributed by atoms with van der Waals surface area (Å²) < 4.78 is 42.4. The van der Waals surface area contributed by atoms with E-state index in [2.05, 4.69) is 15.1 Å². The van der Waals surface area contributed by atoms with Crippen molar-refractivity contribution in [3.8, 4) is 5.82 Å². The van der Waals surface area contributed by atoms with Crippen molar-refractivity contribution in [1.29, 1.82) is 0 Å². The molecule has 10 heteroatoms. The van der Waals surface area contributed by atoms with E-state index in [9.17, 15) is 12.8 Å². The largest absolute Gasteiger partial charge is 0.354 e. The predicted octanol–water partition coefficient (Wildman–Crippen LogP) is 1.62. The Bertz CT molecular complexity index is 1090. The smallest absolute Gasteiger partial charge is 0.246 e. The number of hydrogen-bond acceptors (Lipinski definition) is 6. The maximum Gasteiger partial charge on any atom is 0.246 e. The van der Waals surface area contributed by atoms with Crippen LogP contribution in [-0.4, -0.2) is 58.7 Å². The Kier molecular flexibility index (Phi) is 4.82. The van der Waals surface area contributed by atoms with Crippen molar-refractivity contribution < 1.29 is 12.8 Å². The molecule has 28 heavy (non-hydrogen) atoms. The molecule has 0 radical (unpaired) electrons. The van der Waals surface area contributed by atoms with Crippen molar-refractivity contribution in [1.82, 2.24) is 24.1 Å². The average molecular weight is 402 g/mol.